The number of carbonyl (C=O) groups is 1. The van der Waals surface area contributed by atoms with Crippen molar-refractivity contribution < 1.29 is 9.53 Å². The predicted molar refractivity (Wildman–Crippen MR) is 59.1 cm³/mol. The van der Waals surface area contributed by atoms with Crippen molar-refractivity contribution in [2.45, 2.75) is 60.5 Å². The molecule has 0 saturated heterocycles. The SMILES string of the molecule is CC(CC(=O)OC(C)C)CC(C)(C)C. The monoisotopic (exact) mass is 200 g/mol. The van der Waals surface area contributed by atoms with Gasteiger partial charge in [-0.3, -0.25) is 4.79 Å². The van der Waals surface area contributed by atoms with Crippen molar-refractivity contribution in [3.05, 3.63) is 0 Å². The molecule has 0 aromatic rings. The van der Waals surface area contributed by atoms with Crippen molar-refractivity contribution in [3.8, 4) is 0 Å². The maximum atomic E-state index is 11.3. The summed E-state index contributed by atoms with van der Waals surface area (Å²) in [6.45, 7) is 12.4. The van der Waals surface area contributed by atoms with Gasteiger partial charge in [0, 0.05) is 6.42 Å². The molecule has 0 amide bonds. The predicted octanol–water partition coefficient (Wildman–Crippen LogP) is 3.40. The first-order chi connectivity index (χ1) is 6.20. The minimum Gasteiger partial charge on any atom is -0.463 e. The molecule has 0 fully saturated rings. The van der Waals surface area contributed by atoms with Gasteiger partial charge in [0.15, 0.2) is 0 Å². The molecule has 1 unspecified atom stereocenters. The van der Waals surface area contributed by atoms with Crippen LogP contribution in [0.2, 0.25) is 0 Å². The largest absolute Gasteiger partial charge is 0.463 e. The van der Waals surface area contributed by atoms with Gasteiger partial charge in [0.05, 0.1) is 6.10 Å². The van der Waals surface area contributed by atoms with Crippen LogP contribution in [-0.4, -0.2) is 12.1 Å². The number of hydrogen-bond donors (Lipinski definition) is 0. The van der Waals surface area contributed by atoms with E-state index in [1.165, 1.54) is 0 Å². The molecular weight excluding hydrogens is 176 g/mol. The van der Waals surface area contributed by atoms with Crippen molar-refractivity contribution in [1.82, 2.24) is 0 Å². The fraction of sp³-hybridized carbons (Fsp3) is 0.917. The average Bonchev–Trinajstić information content (AvgIpc) is 1.77. The van der Waals surface area contributed by atoms with E-state index in [9.17, 15) is 4.79 Å². The fourth-order valence-electron chi connectivity index (χ4n) is 1.71. The van der Waals surface area contributed by atoms with E-state index in [4.69, 9.17) is 4.74 Å². The Kier molecular flexibility index (Phi) is 5.17. The summed E-state index contributed by atoms with van der Waals surface area (Å²) in [6, 6.07) is 0. The highest BCUT2D eigenvalue weighted by Gasteiger charge is 2.18. The quantitative estimate of drug-likeness (QED) is 0.650. The summed E-state index contributed by atoms with van der Waals surface area (Å²) in [7, 11) is 0. The number of esters is 1. The third-order valence-electron chi connectivity index (χ3n) is 1.84. The number of carbonyl (C=O) groups excluding carboxylic acids is 1. The molecule has 1 atom stereocenters. The highest BCUT2D eigenvalue weighted by atomic mass is 16.5. The van der Waals surface area contributed by atoms with Crippen molar-refractivity contribution in [2.75, 3.05) is 0 Å². The van der Waals surface area contributed by atoms with Gasteiger partial charge in [-0.05, 0) is 31.6 Å². The first-order valence-corrected chi connectivity index (χ1v) is 5.40. The van der Waals surface area contributed by atoms with Crippen LogP contribution in [0.15, 0.2) is 0 Å². The van der Waals surface area contributed by atoms with Crippen LogP contribution in [0, 0.1) is 11.3 Å². The van der Waals surface area contributed by atoms with E-state index in [1.807, 2.05) is 13.8 Å². The van der Waals surface area contributed by atoms with Gasteiger partial charge in [0.1, 0.15) is 0 Å². The lowest BCUT2D eigenvalue weighted by Gasteiger charge is -2.22. The van der Waals surface area contributed by atoms with Crippen LogP contribution in [0.5, 0.6) is 0 Å². The zero-order valence-electron chi connectivity index (χ0n) is 10.4. The zero-order chi connectivity index (χ0) is 11.4. The Morgan fingerprint density at radius 1 is 1.21 bits per heavy atom. The van der Waals surface area contributed by atoms with Crippen LogP contribution in [0.3, 0.4) is 0 Å². The van der Waals surface area contributed by atoms with E-state index in [0.29, 0.717) is 12.3 Å². The van der Waals surface area contributed by atoms with Crippen LogP contribution < -0.4 is 0 Å². The molecule has 0 aliphatic rings. The van der Waals surface area contributed by atoms with E-state index >= 15 is 0 Å². The Labute approximate surface area is 88.0 Å². The molecule has 0 bridgehead atoms. The average molecular weight is 200 g/mol. The third kappa shape index (κ3) is 8.09. The van der Waals surface area contributed by atoms with Gasteiger partial charge in [0.25, 0.3) is 0 Å². The van der Waals surface area contributed by atoms with Crippen molar-refractivity contribution in [2.24, 2.45) is 11.3 Å². The second kappa shape index (κ2) is 5.38. The molecule has 2 nitrogen and oxygen atoms in total. The van der Waals surface area contributed by atoms with Gasteiger partial charge in [-0.15, -0.1) is 0 Å². The highest BCUT2D eigenvalue weighted by Crippen LogP contribution is 2.26. The van der Waals surface area contributed by atoms with E-state index in [1.54, 1.807) is 0 Å². The summed E-state index contributed by atoms with van der Waals surface area (Å²) in [5.41, 5.74) is 0.289. The summed E-state index contributed by atoms with van der Waals surface area (Å²) in [6.07, 6.45) is 1.60. The lowest BCUT2D eigenvalue weighted by Crippen LogP contribution is -2.18. The minimum absolute atomic E-state index is 0.00402. The van der Waals surface area contributed by atoms with Crippen LogP contribution in [0.1, 0.15) is 54.4 Å². The molecule has 0 radical (unpaired) electrons. The molecule has 0 aliphatic heterocycles. The van der Waals surface area contributed by atoms with Crippen LogP contribution in [0.4, 0.5) is 0 Å². The highest BCUT2D eigenvalue weighted by molar-refractivity contribution is 5.69. The standard InChI is InChI=1S/C12H24O2/c1-9(2)14-11(13)7-10(3)8-12(4,5)6/h9-10H,7-8H2,1-6H3. The Balaban J connectivity index is 3.83. The normalized spacial score (nSPS) is 14.2. The second-order valence-electron chi connectivity index (χ2n) is 5.61. The molecule has 14 heavy (non-hydrogen) atoms. The Morgan fingerprint density at radius 2 is 1.71 bits per heavy atom. The van der Waals surface area contributed by atoms with Gasteiger partial charge < -0.3 is 4.74 Å². The maximum absolute atomic E-state index is 11.3. The van der Waals surface area contributed by atoms with E-state index in [2.05, 4.69) is 27.7 Å². The number of hydrogen-bond acceptors (Lipinski definition) is 2. The maximum Gasteiger partial charge on any atom is 0.306 e. The van der Waals surface area contributed by atoms with Gasteiger partial charge in [0.2, 0.25) is 0 Å². The molecule has 0 aromatic heterocycles. The molecule has 0 aromatic carbocycles. The summed E-state index contributed by atoms with van der Waals surface area (Å²) < 4.78 is 5.10. The molecule has 84 valence electrons. The van der Waals surface area contributed by atoms with Gasteiger partial charge >= 0.3 is 5.97 Å². The molecule has 0 aliphatic carbocycles. The Bertz CT molecular complexity index is 177. The van der Waals surface area contributed by atoms with Crippen LogP contribution in [0.25, 0.3) is 0 Å². The summed E-state index contributed by atoms with van der Waals surface area (Å²) >= 11 is 0. The third-order valence-corrected chi connectivity index (χ3v) is 1.84. The Hall–Kier alpha value is -0.530. The first kappa shape index (κ1) is 13.5. The van der Waals surface area contributed by atoms with E-state index in [0.717, 1.165) is 6.42 Å². The Morgan fingerprint density at radius 3 is 2.07 bits per heavy atom. The molecular formula is C12H24O2. The van der Waals surface area contributed by atoms with Gasteiger partial charge in [-0.1, -0.05) is 27.7 Å². The van der Waals surface area contributed by atoms with Crippen LogP contribution in [-0.2, 0) is 9.53 Å². The van der Waals surface area contributed by atoms with E-state index < -0.39 is 0 Å². The smallest absolute Gasteiger partial charge is 0.306 e. The molecule has 0 spiro atoms. The van der Waals surface area contributed by atoms with Gasteiger partial charge in [-0.25, -0.2) is 0 Å². The lowest BCUT2D eigenvalue weighted by atomic mass is 9.84. The molecule has 0 saturated carbocycles. The second-order valence-corrected chi connectivity index (χ2v) is 5.61. The molecule has 2 heteroatoms. The van der Waals surface area contributed by atoms with E-state index in [-0.39, 0.29) is 17.5 Å². The first-order valence-electron chi connectivity index (χ1n) is 5.40. The molecule has 0 rings (SSSR count). The number of ether oxygens (including phenoxy) is 1. The van der Waals surface area contributed by atoms with Crippen LogP contribution >= 0.6 is 0 Å². The lowest BCUT2D eigenvalue weighted by molar-refractivity contribution is -0.148. The summed E-state index contributed by atoms with van der Waals surface area (Å²) in [4.78, 5) is 11.3. The topological polar surface area (TPSA) is 26.3 Å². The molecule has 0 N–H and O–H groups in total. The molecule has 0 heterocycles. The van der Waals surface area contributed by atoms with Crippen molar-refractivity contribution in [1.29, 1.82) is 0 Å². The fourth-order valence-corrected chi connectivity index (χ4v) is 1.71. The summed E-state index contributed by atoms with van der Waals surface area (Å²) in [5, 5.41) is 0. The zero-order valence-corrected chi connectivity index (χ0v) is 10.4. The minimum atomic E-state index is -0.0725. The summed E-state index contributed by atoms with van der Waals surface area (Å²) in [5.74, 6) is 0.331. The van der Waals surface area contributed by atoms with Crippen molar-refractivity contribution in [3.63, 3.8) is 0 Å². The number of rotatable bonds is 4. The van der Waals surface area contributed by atoms with Crippen molar-refractivity contribution >= 4 is 5.97 Å². The van der Waals surface area contributed by atoms with Gasteiger partial charge in [-0.2, -0.15) is 0 Å².